The number of carbonyl (C=O) groups excluding carboxylic acids is 2. The Bertz CT molecular complexity index is 1220. The summed E-state index contributed by atoms with van der Waals surface area (Å²) in [7, 11) is 2.88. The van der Waals surface area contributed by atoms with Crippen LogP contribution < -0.4 is 0 Å². The largest absolute Gasteiger partial charge is 0.481 e. The first kappa shape index (κ1) is 39.1. The maximum absolute atomic E-state index is 12.1. The predicted molar refractivity (Wildman–Crippen MR) is 189 cm³/mol. The Morgan fingerprint density at radius 1 is 0.600 bits per heavy atom. The maximum atomic E-state index is 12.1. The summed E-state index contributed by atoms with van der Waals surface area (Å²) >= 11 is 0. The molecule has 0 bridgehead atoms. The van der Waals surface area contributed by atoms with E-state index in [2.05, 4.69) is 20.8 Å². The van der Waals surface area contributed by atoms with E-state index in [1.165, 1.54) is 39.9 Å². The van der Waals surface area contributed by atoms with E-state index >= 15 is 0 Å². The third-order valence-corrected chi connectivity index (χ3v) is 15.9. The monoisotopic (exact) mass is 702 g/mol. The molecule has 0 amide bonds. The van der Waals surface area contributed by atoms with Gasteiger partial charge in [-0.3, -0.25) is 19.2 Å². The summed E-state index contributed by atoms with van der Waals surface area (Å²) in [6.07, 6.45) is 16.3. The molecule has 14 atom stereocenters. The van der Waals surface area contributed by atoms with Crippen LogP contribution in [-0.2, 0) is 28.7 Å². The van der Waals surface area contributed by atoms with Crippen molar-refractivity contribution >= 4 is 23.9 Å². The third kappa shape index (κ3) is 8.23. The standard InChI is InChI=1S/C21H34O5.C20H32O4/c1-21-9-8-15(22)11-14(21)5-6-16-17(12-20(24)26-3)13(4-7-18(16)21)10-19(23)25-2;1-12-7-8-20(2)14(9-12)4-5-15-16(11-19(23)24)13(10-18(21)22)3-6-17(15)20/h13-18,22H,4-12H2,1-3H3;12-17H,3-11H2,1-2H3,(H,21,22)(H,23,24)/t13-,14+,15-,16+,17-,18+,21+;12-,13-,14+,15+,16-,17+,20+/m00/s1. The van der Waals surface area contributed by atoms with Crippen molar-refractivity contribution in [3.8, 4) is 0 Å². The van der Waals surface area contributed by atoms with Crippen molar-refractivity contribution in [1.29, 1.82) is 0 Å². The van der Waals surface area contributed by atoms with Gasteiger partial charge >= 0.3 is 23.9 Å². The molecule has 0 unspecified atom stereocenters. The minimum absolute atomic E-state index is 0.0440. The smallest absolute Gasteiger partial charge is 0.305 e. The summed E-state index contributed by atoms with van der Waals surface area (Å²) < 4.78 is 9.87. The van der Waals surface area contributed by atoms with Gasteiger partial charge in [0.2, 0.25) is 0 Å². The van der Waals surface area contributed by atoms with Gasteiger partial charge in [-0.15, -0.1) is 0 Å². The Labute approximate surface area is 300 Å². The number of hydrogen-bond donors (Lipinski definition) is 3. The van der Waals surface area contributed by atoms with E-state index in [9.17, 15) is 34.5 Å². The fourth-order valence-electron chi connectivity index (χ4n) is 13.2. The van der Waals surface area contributed by atoms with Gasteiger partial charge < -0.3 is 24.8 Å². The van der Waals surface area contributed by atoms with Gasteiger partial charge in [0.15, 0.2) is 0 Å². The Morgan fingerprint density at radius 2 is 1.08 bits per heavy atom. The van der Waals surface area contributed by atoms with E-state index in [1.807, 2.05) is 0 Å². The van der Waals surface area contributed by atoms with E-state index in [0.717, 1.165) is 76.0 Å². The number of hydrogen-bond acceptors (Lipinski definition) is 7. The van der Waals surface area contributed by atoms with Crippen LogP contribution in [0, 0.1) is 75.9 Å². The molecule has 0 radical (unpaired) electrons. The van der Waals surface area contributed by atoms with Crippen molar-refractivity contribution in [1.82, 2.24) is 0 Å². The quantitative estimate of drug-likeness (QED) is 0.216. The summed E-state index contributed by atoms with van der Waals surface area (Å²) in [6, 6.07) is 0. The second-order valence-corrected chi connectivity index (χ2v) is 18.2. The summed E-state index contributed by atoms with van der Waals surface area (Å²) in [6.45, 7) is 7.23. The van der Waals surface area contributed by atoms with Gasteiger partial charge in [0.1, 0.15) is 0 Å². The Hall–Kier alpha value is -2.16. The van der Waals surface area contributed by atoms with Crippen LogP contribution in [0.5, 0.6) is 0 Å². The molecular weight excluding hydrogens is 636 g/mol. The molecule has 0 heterocycles. The van der Waals surface area contributed by atoms with Crippen LogP contribution in [0.3, 0.4) is 0 Å². The molecule has 0 aromatic rings. The molecule has 6 aliphatic rings. The predicted octanol–water partition coefficient (Wildman–Crippen LogP) is 7.76. The van der Waals surface area contributed by atoms with E-state index in [1.54, 1.807) is 0 Å². The zero-order valence-corrected chi connectivity index (χ0v) is 31.4. The van der Waals surface area contributed by atoms with Gasteiger partial charge in [-0.05, 0) is 159 Å². The molecule has 6 rings (SSSR count). The molecule has 6 fully saturated rings. The van der Waals surface area contributed by atoms with Gasteiger partial charge in [-0.25, -0.2) is 0 Å². The van der Waals surface area contributed by atoms with Crippen molar-refractivity contribution in [2.75, 3.05) is 14.2 Å². The number of aliphatic hydroxyl groups excluding tert-OH is 1. The van der Waals surface area contributed by atoms with Crippen LogP contribution in [0.2, 0.25) is 0 Å². The number of carboxylic acids is 2. The van der Waals surface area contributed by atoms with Crippen molar-refractivity contribution in [3.63, 3.8) is 0 Å². The molecule has 0 aliphatic heterocycles. The van der Waals surface area contributed by atoms with Crippen LogP contribution in [0.1, 0.15) is 136 Å². The first-order chi connectivity index (χ1) is 23.7. The minimum Gasteiger partial charge on any atom is -0.481 e. The fraction of sp³-hybridized carbons (Fsp3) is 0.902. The first-order valence-electron chi connectivity index (χ1n) is 19.9. The molecule has 9 heteroatoms. The van der Waals surface area contributed by atoms with Crippen molar-refractivity contribution in [2.24, 2.45) is 75.9 Å². The SMILES string of the molecule is COC(=O)C[C@@H]1CC[C@@H]2[C@H](CC[C@@H]3C[C@@H](O)CC[C@]32C)[C@H]1CC(=O)OC.C[C@H]1CC[C@]2(C)[C@H](CC[C@@H]3[C@@H](CC(=O)O)[C@H](CC(=O)O)CC[C@H]32)C1. The molecule has 0 aromatic carbocycles. The normalized spacial score (nSPS) is 43.6. The van der Waals surface area contributed by atoms with Gasteiger partial charge in [0.05, 0.1) is 20.3 Å². The number of methoxy groups -OCH3 is 2. The second-order valence-electron chi connectivity index (χ2n) is 18.2. The number of aliphatic hydroxyl groups is 1. The number of fused-ring (bicyclic) bond motifs is 6. The Morgan fingerprint density at radius 3 is 1.62 bits per heavy atom. The van der Waals surface area contributed by atoms with Crippen molar-refractivity contribution in [3.05, 3.63) is 0 Å². The lowest BCUT2D eigenvalue weighted by molar-refractivity contribution is -0.153. The topological polar surface area (TPSA) is 147 Å². The Kier molecular flexibility index (Phi) is 12.7. The Balaban J connectivity index is 0.000000195. The summed E-state index contributed by atoms with van der Waals surface area (Å²) in [4.78, 5) is 46.7. The molecular formula is C41H66O9. The highest BCUT2D eigenvalue weighted by Crippen LogP contribution is 2.63. The van der Waals surface area contributed by atoms with E-state index in [4.69, 9.17) is 9.47 Å². The zero-order chi connectivity index (χ0) is 36.4. The lowest BCUT2D eigenvalue weighted by Gasteiger charge is -2.59. The highest BCUT2D eigenvalue weighted by Gasteiger charge is 2.56. The van der Waals surface area contributed by atoms with Crippen LogP contribution in [0.25, 0.3) is 0 Å². The van der Waals surface area contributed by atoms with Gasteiger partial charge in [0.25, 0.3) is 0 Å². The number of aliphatic carboxylic acids is 2. The van der Waals surface area contributed by atoms with Gasteiger partial charge in [0, 0.05) is 25.7 Å². The highest BCUT2D eigenvalue weighted by molar-refractivity contribution is 5.71. The van der Waals surface area contributed by atoms with Gasteiger partial charge in [-0.2, -0.15) is 0 Å². The lowest BCUT2D eigenvalue weighted by atomic mass is 9.46. The van der Waals surface area contributed by atoms with E-state index in [-0.39, 0.29) is 60.0 Å². The van der Waals surface area contributed by atoms with Crippen LogP contribution in [0.15, 0.2) is 0 Å². The fourth-order valence-corrected chi connectivity index (χ4v) is 13.2. The number of carbonyl (C=O) groups is 4. The van der Waals surface area contributed by atoms with E-state index < -0.39 is 11.9 Å². The van der Waals surface area contributed by atoms with Crippen LogP contribution >= 0.6 is 0 Å². The molecule has 0 saturated heterocycles. The second kappa shape index (κ2) is 16.2. The van der Waals surface area contributed by atoms with Crippen LogP contribution in [0.4, 0.5) is 0 Å². The van der Waals surface area contributed by atoms with Crippen molar-refractivity contribution < 1.29 is 44.0 Å². The third-order valence-electron chi connectivity index (χ3n) is 15.9. The highest BCUT2D eigenvalue weighted by atomic mass is 16.5. The number of rotatable bonds is 8. The molecule has 0 spiro atoms. The summed E-state index contributed by atoms with van der Waals surface area (Å²) in [5.41, 5.74) is 0.604. The minimum atomic E-state index is -0.778. The lowest BCUT2D eigenvalue weighted by Crippen LogP contribution is -2.52. The molecule has 284 valence electrons. The molecule has 3 N–H and O–H groups in total. The molecule has 6 saturated carbocycles. The van der Waals surface area contributed by atoms with E-state index in [0.29, 0.717) is 47.8 Å². The average Bonchev–Trinajstić information content (AvgIpc) is 3.07. The average molecular weight is 703 g/mol. The zero-order valence-electron chi connectivity index (χ0n) is 31.4. The summed E-state index contributed by atoms with van der Waals surface area (Å²) in [5.74, 6) is 2.85. The number of carboxylic acid groups (broad SMARTS) is 2. The molecule has 0 aromatic heterocycles. The van der Waals surface area contributed by atoms with Gasteiger partial charge in [-0.1, -0.05) is 27.2 Å². The molecule has 6 aliphatic carbocycles. The first-order valence-corrected chi connectivity index (χ1v) is 19.9. The number of ether oxygens (including phenoxy) is 2. The molecule has 50 heavy (non-hydrogen) atoms. The summed E-state index contributed by atoms with van der Waals surface area (Å²) in [5, 5.41) is 28.7. The molecule has 9 nitrogen and oxygen atoms in total. The van der Waals surface area contributed by atoms with Crippen molar-refractivity contribution in [2.45, 2.75) is 142 Å². The maximum Gasteiger partial charge on any atom is 0.305 e. The van der Waals surface area contributed by atoms with Crippen LogP contribution in [-0.4, -0.2) is 59.5 Å². The number of esters is 2.